The van der Waals surface area contributed by atoms with E-state index in [9.17, 15) is 4.79 Å². The maximum Gasteiger partial charge on any atom is 0.340 e. The first kappa shape index (κ1) is 36.9. The van der Waals surface area contributed by atoms with Crippen molar-refractivity contribution in [1.29, 1.82) is 0 Å². The molecule has 8 nitrogen and oxygen atoms in total. The van der Waals surface area contributed by atoms with Gasteiger partial charge in [-0.25, -0.2) is 4.79 Å². The highest BCUT2D eigenvalue weighted by molar-refractivity contribution is 5.77. The van der Waals surface area contributed by atoms with Gasteiger partial charge in [0.2, 0.25) is 0 Å². The Hall–Kier alpha value is -3.91. The van der Waals surface area contributed by atoms with Crippen molar-refractivity contribution in [3.63, 3.8) is 0 Å². The summed E-state index contributed by atoms with van der Waals surface area (Å²) in [7, 11) is 1.51. The van der Waals surface area contributed by atoms with Crippen LogP contribution >= 0.6 is 0 Å². The Bertz CT molecular complexity index is 1390. The SMILES string of the molecule is CCCCOc1cc(OCCCC)c2c(c1)O[C@@H](c1ccc(OCCCC)c(OCCCC)c1)[C@@H](OC(=O)[C@H](OC)c1ccccc1)C2. The molecule has 0 saturated carbocycles. The second kappa shape index (κ2) is 19.8. The fraction of sp³-hybridized carbons (Fsp3) is 0.525. The summed E-state index contributed by atoms with van der Waals surface area (Å²) in [6, 6.07) is 19.1. The van der Waals surface area contributed by atoms with Crippen LogP contribution in [0, 0.1) is 0 Å². The van der Waals surface area contributed by atoms with Crippen molar-refractivity contribution in [1.82, 2.24) is 0 Å². The lowest BCUT2D eigenvalue weighted by molar-refractivity contribution is -0.167. The lowest BCUT2D eigenvalue weighted by atomic mass is 9.93. The Labute approximate surface area is 287 Å². The van der Waals surface area contributed by atoms with Gasteiger partial charge in [0, 0.05) is 36.8 Å². The van der Waals surface area contributed by atoms with E-state index in [4.69, 9.17) is 33.2 Å². The van der Waals surface area contributed by atoms with Crippen LogP contribution in [-0.2, 0) is 20.7 Å². The quantitative estimate of drug-likeness (QED) is 0.0825. The zero-order chi connectivity index (χ0) is 34.1. The highest BCUT2D eigenvalue weighted by atomic mass is 16.6. The topological polar surface area (TPSA) is 81.7 Å². The minimum atomic E-state index is -0.884. The Morgan fingerprint density at radius 2 is 1.33 bits per heavy atom. The molecule has 0 aliphatic carbocycles. The third kappa shape index (κ3) is 10.3. The molecule has 1 aliphatic rings. The van der Waals surface area contributed by atoms with Crippen molar-refractivity contribution >= 4 is 5.97 Å². The molecule has 0 bridgehead atoms. The van der Waals surface area contributed by atoms with Crippen LogP contribution in [0.1, 0.15) is 108 Å². The fourth-order valence-electron chi connectivity index (χ4n) is 5.48. The summed E-state index contributed by atoms with van der Waals surface area (Å²) in [4.78, 5) is 13.8. The zero-order valence-electron chi connectivity index (χ0n) is 29.5. The molecule has 48 heavy (non-hydrogen) atoms. The number of methoxy groups -OCH3 is 1. The van der Waals surface area contributed by atoms with Crippen molar-refractivity contribution < 1.29 is 38.0 Å². The molecule has 0 unspecified atom stereocenters. The molecule has 3 atom stereocenters. The van der Waals surface area contributed by atoms with Crippen LogP contribution in [0.15, 0.2) is 60.7 Å². The molecule has 262 valence electrons. The molecule has 0 fully saturated rings. The monoisotopic (exact) mass is 662 g/mol. The van der Waals surface area contributed by atoms with Crippen LogP contribution in [0.4, 0.5) is 0 Å². The molecule has 3 aromatic rings. The first-order chi connectivity index (χ1) is 23.5. The first-order valence-electron chi connectivity index (χ1n) is 17.8. The highest BCUT2D eigenvalue weighted by Crippen LogP contribution is 2.45. The Balaban J connectivity index is 1.74. The minimum absolute atomic E-state index is 0.383. The van der Waals surface area contributed by atoms with Gasteiger partial charge >= 0.3 is 5.97 Å². The van der Waals surface area contributed by atoms with E-state index in [1.54, 1.807) is 0 Å². The Morgan fingerprint density at radius 3 is 1.96 bits per heavy atom. The number of ether oxygens (including phenoxy) is 7. The van der Waals surface area contributed by atoms with Crippen molar-refractivity contribution in [2.24, 2.45) is 0 Å². The van der Waals surface area contributed by atoms with Gasteiger partial charge in [0.1, 0.15) is 23.4 Å². The lowest BCUT2D eigenvalue weighted by Gasteiger charge is -2.35. The molecule has 0 aromatic heterocycles. The van der Waals surface area contributed by atoms with E-state index in [1.165, 1.54) is 7.11 Å². The van der Waals surface area contributed by atoms with Gasteiger partial charge < -0.3 is 33.2 Å². The first-order valence-corrected chi connectivity index (χ1v) is 17.8. The van der Waals surface area contributed by atoms with Crippen LogP contribution in [0.5, 0.6) is 28.7 Å². The van der Waals surface area contributed by atoms with E-state index in [2.05, 4.69) is 27.7 Å². The van der Waals surface area contributed by atoms with Gasteiger partial charge in [-0.3, -0.25) is 0 Å². The normalized spacial score (nSPS) is 15.9. The van der Waals surface area contributed by atoms with Gasteiger partial charge in [0.05, 0.1) is 26.4 Å². The smallest absolute Gasteiger partial charge is 0.340 e. The highest BCUT2D eigenvalue weighted by Gasteiger charge is 2.38. The van der Waals surface area contributed by atoms with Gasteiger partial charge in [0.25, 0.3) is 0 Å². The molecular weight excluding hydrogens is 608 g/mol. The van der Waals surface area contributed by atoms with Crippen LogP contribution < -0.4 is 23.7 Å². The average Bonchev–Trinajstić information content (AvgIpc) is 3.10. The van der Waals surface area contributed by atoms with Crippen LogP contribution in [0.25, 0.3) is 0 Å². The standard InChI is InChI=1S/C40H54O8/c1-6-10-21-43-31-26-34(45-23-12-8-3)32-28-37(48-40(41)39(42-5)29-17-15-14-16-18-29)38(47-35(32)27-31)30-19-20-33(44-22-11-7-2)36(25-30)46-24-13-9-4/h14-20,25-27,37-39H,6-13,21-24,28H2,1-5H3/t37-,38-,39+/m0/s1. The number of esters is 1. The summed E-state index contributed by atoms with van der Waals surface area (Å²) in [5.41, 5.74) is 2.37. The number of unbranched alkanes of at least 4 members (excludes halogenated alkanes) is 4. The molecule has 8 heteroatoms. The predicted octanol–water partition coefficient (Wildman–Crippen LogP) is 9.38. The summed E-state index contributed by atoms with van der Waals surface area (Å²) in [5, 5.41) is 0. The van der Waals surface area contributed by atoms with Crippen molar-refractivity contribution in [3.05, 3.63) is 77.4 Å². The number of carbonyl (C=O) groups is 1. The molecule has 3 aromatic carbocycles. The molecular formula is C40H54O8. The molecule has 1 heterocycles. The van der Waals surface area contributed by atoms with E-state index in [-0.39, 0.29) is 0 Å². The summed E-state index contributed by atoms with van der Waals surface area (Å²) >= 11 is 0. The maximum absolute atomic E-state index is 13.8. The average molecular weight is 663 g/mol. The maximum atomic E-state index is 13.8. The number of benzene rings is 3. The number of hydrogen-bond donors (Lipinski definition) is 0. The van der Waals surface area contributed by atoms with Crippen LogP contribution in [0.2, 0.25) is 0 Å². The minimum Gasteiger partial charge on any atom is -0.493 e. The van der Waals surface area contributed by atoms with E-state index in [1.807, 2.05) is 60.7 Å². The van der Waals surface area contributed by atoms with Crippen LogP contribution in [-0.4, -0.2) is 45.6 Å². The predicted molar refractivity (Wildman–Crippen MR) is 188 cm³/mol. The number of rotatable bonds is 21. The molecule has 0 spiro atoms. The Morgan fingerprint density at radius 1 is 0.729 bits per heavy atom. The summed E-state index contributed by atoms with van der Waals surface area (Å²) in [5.74, 6) is 2.87. The van der Waals surface area contributed by atoms with Crippen molar-refractivity contribution in [2.75, 3.05) is 33.5 Å². The van der Waals surface area contributed by atoms with Gasteiger partial charge in [-0.1, -0.05) is 89.8 Å². The summed E-state index contributed by atoms with van der Waals surface area (Å²) < 4.78 is 43.5. The van der Waals surface area contributed by atoms with Crippen molar-refractivity contribution in [2.45, 2.75) is 104 Å². The second-order valence-electron chi connectivity index (χ2n) is 12.2. The van der Waals surface area contributed by atoms with E-state index < -0.39 is 24.3 Å². The fourth-order valence-corrected chi connectivity index (χ4v) is 5.48. The molecule has 0 radical (unpaired) electrons. The second-order valence-corrected chi connectivity index (χ2v) is 12.2. The number of fused-ring (bicyclic) bond motifs is 1. The number of carbonyl (C=O) groups excluding carboxylic acids is 1. The third-order valence-corrected chi connectivity index (χ3v) is 8.29. The molecule has 4 rings (SSSR count). The van der Waals surface area contributed by atoms with Gasteiger partial charge in [-0.15, -0.1) is 0 Å². The van der Waals surface area contributed by atoms with E-state index >= 15 is 0 Å². The third-order valence-electron chi connectivity index (χ3n) is 8.29. The van der Waals surface area contributed by atoms with Gasteiger partial charge in [0.15, 0.2) is 23.7 Å². The van der Waals surface area contributed by atoms with Gasteiger partial charge in [-0.2, -0.15) is 0 Å². The van der Waals surface area contributed by atoms with Crippen molar-refractivity contribution in [3.8, 4) is 28.7 Å². The summed E-state index contributed by atoms with van der Waals surface area (Å²) in [6.07, 6.45) is 6.00. The molecule has 0 N–H and O–H groups in total. The summed E-state index contributed by atoms with van der Waals surface area (Å²) in [6.45, 7) is 10.9. The molecule has 1 aliphatic heterocycles. The van der Waals surface area contributed by atoms with Crippen LogP contribution in [0.3, 0.4) is 0 Å². The van der Waals surface area contributed by atoms with E-state index in [0.717, 1.165) is 68.1 Å². The van der Waals surface area contributed by atoms with Gasteiger partial charge in [-0.05, 0) is 43.4 Å². The molecule has 0 amide bonds. The largest absolute Gasteiger partial charge is 0.493 e. The lowest BCUT2D eigenvalue weighted by Crippen LogP contribution is -2.36. The zero-order valence-corrected chi connectivity index (χ0v) is 29.5. The Kier molecular flexibility index (Phi) is 15.2. The molecule has 0 saturated heterocycles. The van der Waals surface area contributed by atoms with E-state index in [0.29, 0.717) is 61.6 Å². The number of hydrogen-bond acceptors (Lipinski definition) is 8.